The fourth-order valence-corrected chi connectivity index (χ4v) is 0.768. The number of hydrogen-bond donors (Lipinski definition) is 2. The monoisotopic (exact) mass is 143 g/mol. The van der Waals surface area contributed by atoms with Gasteiger partial charge < -0.3 is 15.2 Å². The van der Waals surface area contributed by atoms with E-state index in [1.54, 1.807) is 14.0 Å². The molecular weight excluding hydrogens is 134 g/mol. The summed E-state index contributed by atoms with van der Waals surface area (Å²) in [4.78, 5) is 10.8. The van der Waals surface area contributed by atoms with Gasteiger partial charge >= 0.3 is 0 Å². The van der Waals surface area contributed by atoms with Crippen LogP contribution >= 0.6 is 0 Å². The lowest BCUT2D eigenvalue weighted by molar-refractivity contribution is -0.122. The van der Waals surface area contributed by atoms with E-state index < -0.39 is 6.10 Å². The molecule has 56 valence electrons. The Hall–Kier alpha value is -1.19. The smallest absolute Gasteiger partial charge is 0.242 e. The number of rotatable bonds is 1. The van der Waals surface area contributed by atoms with E-state index in [2.05, 4.69) is 5.32 Å². The second-order valence-corrected chi connectivity index (χ2v) is 2.05. The van der Waals surface area contributed by atoms with Crippen molar-refractivity contribution in [2.75, 3.05) is 7.05 Å². The van der Waals surface area contributed by atoms with Crippen LogP contribution in [0.1, 0.15) is 6.92 Å². The topological polar surface area (TPSA) is 58.6 Å². The average molecular weight is 143 g/mol. The van der Waals surface area contributed by atoms with Crippen LogP contribution in [0.2, 0.25) is 0 Å². The van der Waals surface area contributed by atoms with Gasteiger partial charge in [-0.2, -0.15) is 0 Å². The van der Waals surface area contributed by atoms with Crippen molar-refractivity contribution in [2.45, 2.75) is 13.0 Å². The molecule has 0 fully saturated rings. The van der Waals surface area contributed by atoms with E-state index in [1.807, 2.05) is 0 Å². The van der Waals surface area contributed by atoms with Gasteiger partial charge in [-0.15, -0.1) is 0 Å². The Kier molecular flexibility index (Phi) is 1.53. The standard InChI is InChI=1S/C6H9NO3/c1-3-4(8)5(9)6(7-2)10-3/h3,7,9H,1-2H3. The number of aliphatic hydroxyl groups is 1. The lowest BCUT2D eigenvalue weighted by Crippen LogP contribution is -2.13. The minimum absolute atomic E-state index is 0.164. The first-order valence-electron chi connectivity index (χ1n) is 2.98. The molecule has 10 heavy (non-hydrogen) atoms. The minimum atomic E-state index is -0.553. The Labute approximate surface area is 58.5 Å². The van der Waals surface area contributed by atoms with Crippen LogP contribution in [0, 0.1) is 0 Å². The number of carbonyl (C=O) groups is 1. The van der Waals surface area contributed by atoms with E-state index in [1.165, 1.54) is 0 Å². The molecule has 0 aromatic rings. The molecule has 4 nitrogen and oxygen atoms in total. The van der Waals surface area contributed by atoms with E-state index >= 15 is 0 Å². The van der Waals surface area contributed by atoms with Crippen molar-refractivity contribution in [1.29, 1.82) is 0 Å². The predicted octanol–water partition coefficient (Wildman–Crippen LogP) is -0.0793. The van der Waals surface area contributed by atoms with Crippen molar-refractivity contribution >= 4 is 5.78 Å². The maximum absolute atomic E-state index is 10.8. The number of carbonyl (C=O) groups excluding carboxylic acids is 1. The molecule has 0 saturated heterocycles. The van der Waals surface area contributed by atoms with Gasteiger partial charge in [0.2, 0.25) is 17.4 Å². The van der Waals surface area contributed by atoms with Gasteiger partial charge in [-0.3, -0.25) is 4.79 Å². The second-order valence-electron chi connectivity index (χ2n) is 2.05. The molecule has 0 aliphatic carbocycles. The van der Waals surface area contributed by atoms with Gasteiger partial charge in [0.25, 0.3) is 0 Å². The summed E-state index contributed by atoms with van der Waals surface area (Å²) in [5, 5.41) is 11.5. The molecule has 0 amide bonds. The van der Waals surface area contributed by atoms with Gasteiger partial charge in [0.1, 0.15) is 0 Å². The summed E-state index contributed by atoms with van der Waals surface area (Å²) in [6, 6.07) is 0. The molecule has 1 heterocycles. The van der Waals surface area contributed by atoms with Gasteiger partial charge in [0, 0.05) is 7.05 Å². The molecule has 0 radical (unpaired) electrons. The fraction of sp³-hybridized carbons (Fsp3) is 0.500. The Morgan fingerprint density at radius 1 is 1.70 bits per heavy atom. The minimum Gasteiger partial charge on any atom is -0.501 e. The zero-order chi connectivity index (χ0) is 7.72. The molecule has 1 aliphatic rings. The lowest BCUT2D eigenvalue weighted by Gasteiger charge is -2.03. The molecule has 0 saturated carbocycles. The molecule has 1 atom stereocenters. The number of ketones is 1. The Balaban J connectivity index is 2.83. The summed E-state index contributed by atoms with van der Waals surface area (Å²) in [5.74, 6) is -0.517. The highest BCUT2D eigenvalue weighted by molar-refractivity contribution is 5.98. The summed E-state index contributed by atoms with van der Waals surface area (Å²) in [7, 11) is 1.58. The van der Waals surface area contributed by atoms with E-state index in [0.717, 1.165) is 0 Å². The van der Waals surface area contributed by atoms with E-state index in [-0.39, 0.29) is 17.4 Å². The van der Waals surface area contributed by atoms with Gasteiger partial charge in [-0.25, -0.2) is 0 Å². The van der Waals surface area contributed by atoms with Crippen LogP contribution < -0.4 is 5.32 Å². The lowest BCUT2D eigenvalue weighted by atomic mass is 10.2. The van der Waals surface area contributed by atoms with Crippen molar-refractivity contribution in [2.24, 2.45) is 0 Å². The summed E-state index contributed by atoms with van der Waals surface area (Å²) in [6.45, 7) is 1.59. The van der Waals surface area contributed by atoms with E-state index in [9.17, 15) is 4.79 Å². The van der Waals surface area contributed by atoms with Crippen molar-refractivity contribution < 1.29 is 14.6 Å². The van der Waals surface area contributed by atoms with Crippen molar-refractivity contribution in [3.63, 3.8) is 0 Å². The largest absolute Gasteiger partial charge is 0.501 e. The quantitative estimate of drug-likeness (QED) is 0.539. The molecule has 1 unspecified atom stereocenters. The van der Waals surface area contributed by atoms with Crippen LogP contribution in [0.5, 0.6) is 0 Å². The summed E-state index contributed by atoms with van der Waals surface area (Å²) >= 11 is 0. The van der Waals surface area contributed by atoms with Crippen molar-refractivity contribution in [1.82, 2.24) is 5.32 Å². The molecule has 1 aliphatic heterocycles. The molecule has 0 bridgehead atoms. The molecule has 4 heteroatoms. The Bertz CT molecular complexity index is 197. The number of ether oxygens (including phenoxy) is 1. The first kappa shape index (κ1) is 6.92. The highest BCUT2D eigenvalue weighted by atomic mass is 16.5. The zero-order valence-electron chi connectivity index (χ0n) is 5.84. The first-order chi connectivity index (χ1) is 4.66. The first-order valence-corrected chi connectivity index (χ1v) is 2.98. The highest BCUT2D eigenvalue weighted by Crippen LogP contribution is 2.16. The van der Waals surface area contributed by atoms with Gasteiger partial charge in [-0.05, 0) is 6.92 Å². The molecule has 0 aromatic carbocycles. The summed E-state index contributed by atoms with van der Waals surface area (Å²) in [6.07, 6.45) is -0.553. The van der Waals surface area contributed by atoms with Crippen LogP contribution in [0.3, 0.4) is 0 Å². The van der Waals surface area contributed by atoms with Gasteiger partial charge in [-0.1, -0.05) is 0 Å². The van der Waals surface area contributed by atoms with Crippen LogP contribution in [0.4, 0.5) is 0 Å². The van der Waals surface area contributed by atoms with E-state index in [4.69, 9.17) is 9.84 Å². The third kappa shape index (κ3) is 0.814. The number of aliphatic hydroxyl groups excluding tert-OH is 1. The molecule has 2 N–H and O–H groups in total. The molecular formula is C6H9NO3. The fourth-order valence-electron chi connectivity index (χ4n) is 0.768. The molecule has 0 spiro atoms. The highest BCUT2D eigenvalue weighted by Gasteiger charge is 2.30. The van der Waals surface area contributed by atoms with E-state index in [0.29, 0.717) is 0 Å². The third-order valence-corrected chi connectivity index (χ3v) is 1.34. The third-order valence-electron chi connectivity index (χ3n) is 1.34. The SMILES string of the molecule is CNC1=C(O)C(=O)C(C)O1. The molecule has 0 aromatic heterocycles. The van der Waals surface area contributed by atoms with Gasteiger partial charge in [0.05, 0.1) is 0 Å². The van der Waals surface area contributed by atoms with Crippen LogP contribution in [-0.4, -0.2) is 24.0 Å². The van der Waals surface area contributed by atoms with Crippen molar-refractivity contribution in [3.05, 3.63) is 11.6 Å². The zero-order valence-corrected chi connectivity index (χ0v) is 5.84. The van der Waals surface area contributed by atoms with Gasteiger partial charge in [0.15, 0.2) is 6.10 Å². The summed E-state index contributed by atoms with van der Waals surface area (Å²) in [5.41, 5.74) is 0. The van der Waals surface area contributed by atoms with Crippen LogP contribution in [0.25, 0.3) is 0 Å². The summed E-state index contributed by atoms with van der Waals surface area (Å²) < 4.78 is 4.90. The Morgan fingerprint density at radius 2 is 2.30 bits per heavy atom. The number of nitrogens with one attached hydrogen (secondary N) is 1. The predicted molar refractivity (Wildman–Crippen MR) is 34.3 cm³/mol. The maximum atomic E-state index is 10.8. The second kappa shape index (κ2) is 2.21. The van der Waals surface area contributed by atoms with Crippen LogP contribution in [0.15, 0.2) is 11.6 Å². The normalized spacial score (nSPS) is 25.0. The average Bonchev–Trinajstić information content (AvgIpc) is 2.17. The number of Topliss-reactive ketones (excluding diaryl/α,β-unsaturated/α-hetero) is 1. The number of hydrogen-bond acceptors (Lipinski definition) is 4. The maximum Gasteiger partial charge on any atom is 0.242 e. The van der Waals surface area contributed by atoms with Crippen molar-refractivity contribution in [3.8, 4) is 0 Å². The molecule has 1 rings (SSSR count). The van der Waals surface area contributed by atoms with Crippen LogP contribution in [-0.2, 0) is 9.53 Å². The Morgan fingerprint density at radius 3 is 2.50 bits per heavy atom.